The highest BCUT2D eigenvalue weighted by Crippen LogP contribution is 2.29. The first-order valence-corrected chi connectivity index (χ1v) is 6.14. The summed E-state index contributed by atoms with van der Waals surface area (Å²) in [5, 5.41) is 3.36. The van der Waals surface area contributed by atoms with Gasteiger partial charge in [-0.3, -0.25) is 0 Å². The molecular weight excluding hydrogens is 239 g/mol. The maximum atomic E-state index is 12.4. The average Bonchev–Trinajstić information content (AvgIpc) is 2.37. The number of hydrogen-bond donors (Lipinski definition) is 1. The minimum atomic E-state index is -4.26. The van der Waals surface area contributed by atoms with Crippen LogP contribution in [-0.2, 0) is 6.18 Å². The Labute approximate surface area is 105 Å². The zero-order valence-corrected chi connectivity index (χ0v) is 10.0. The van der Waals surface area contributed by atoms with E-state index >= 15 is 0 Å². The molecule has 1 nitrogen and oxygen atoms in total. The van der Waals surface area contributed by atoms with Crippen LogP contribution in [0, 0.1) is 0 Å². The first-order valence-electron chi connectivity index (χ1n) is 6.14. The molecule has 1 unspecified atom stereocenters. The van der Waals surface area contributed by atoms with Gasteiger partial charge in [-0.2, -0.15) is 13.2 Å². The van der Waals surface area contributed by atoms with Gasteiger partial charge in [0, 0.05) is 6.04 Å². The van der Waals surface area contributed by atoms with Gasteiger partial charge in [0.1, 0.15) is 0 Å². The summed E-state index contributed by atoms with van der Waals surface area (Å²) in [7, 11) is 0. The number of rotatable bonds is 2. The third-order valence-electron chi connectivity index (χ3n) is 3.11. The second-order valence-corrected chi connectivity index (χ2v) is 4.54. The monoisotopic (exact) mass is 255 g/mol. The van der Waals surface area contributed by atoms with Gasteiger partial charge in [0.25, 0.3) is 0 Å². The molecule has 0 spiro atoms. The van der Waals surface area contributed by atoms with E-state index in [0.29, 0.717) is 6.04 Å². The van der Waals surface area contributed by atoms with Gasteiger partial charge >= 0.3 is 6.18 Å². The maximum Gasteiger partial charge on any atom is 0.416 e. The fourth-order valence-corrected chi connectivity index (χ4v) is 2.05. The van der Waals surface area contributed by atoms with Gasteiger partial charge in [0.2, 0.25) is 0 Å². The zero-order valence-electron chi connectivity index (χ0n) is 10.0. The Bertz CT molecular complexity index is 400. The number of piperidine rings is 1. The second-order valence-electron chi connectivity index (χ2n) is 4.54. The van der Waals surface area contributed by atoms with E-state index in [1.54, 1.807) is 0 Å². The summed E-state index contributed by atoms with van der Waals surface area (Å²) in [6, 6.07) is 5.59. The summed E-state index contributed by atoms with van der Waals surface area (Å²) >= 11 is 0. The first kappa shape index (κ1) is 13.1. The van der Waals surface area contributed by atoms with Crippen molar-refractivity contribution in [3.8, 4) is 0 Å². The quantitative estimate of drug-likeness (QED) is 0.846. The van der Waals surface area contributed by atoms with Crippen molar-refractivity contribution in [1.82, 2.24) is 5.32 Å². The summed E-state index contributed by atoms with van der Waals surface area (Å²) in [6.07, 6.45) is 3.15. The fraction of sp³-hybridized carbons (Fsp3) is 0.429. The molecule has 0 radical (unpaired) electrons. The molecule has 1 fully saturated rings. The lowest BCUT2D eigenvalue weighted by Crippen LogP contribution is -2.31. The number of alkyl halides is 3. The number of nitrogens with one attached hydrogen (secondary N) is 1. The molecule has 0 saturated carbocycles. The van der Waals surface area contributed by atoms with Crippen LogP contribution in [0.5, 0.6) is 0 Å². The van der Waals surface area contributed by atoms with Crippen LogP contribution in [0.2, 0.25) is 0 Å². The molecule has 1 atom stereocenters. The standard InChI is InChI=1S/C14H16F3N/c15-14(16,17)12-7-4-11(5-8-12)6-9-13-3-1-2-10-18-13/h4-9,13,18H,1-3,10H2/b9-6+. The van der Waals surface area contributed by atoms with Crippen LogP contribution in [0.1, 0.15) is 30.4 Å². The van der Waals surface area contributed by atoms with E-state index in [4.69, 9.17) is 0 Å². The van der Waals surface area contributed by atoms with E-state index in [1.165, 1.54) is 25.0 Å². The van der Waals surface area contributed by atoms with Crippen molar-refractivity contribution in [2.45, 2.75) is 31.5 Å². The van der Waals surface area contributed by atoms with Gasteiger partial charge in [0.05, 0.1) is 5.56 Å². The molecular formula is C14H16F3N. The van der Waals surface area contributed by atoms with E-state index in [1.807, 2.05) is 12.2 Å². The molecule has 0 amide bonds. The highest BCUT2D eigenvalue weighted by molar-refractivity contribution is 5.50. The second kappa shape index (κ2) is 5.57. The van der Waals surface area contributed by atoms with Gasteiger partial charge in [-0.1, -0.05) is 30.7 Å². The molecule has 1 saturated heterocycles. The van der Waals surface area contributed by atoms with Gasteiger partial charge in [0.15, 0.2) is 0 Å². The summed E-state index contributed by atoms with van der Waals surface area (Å²) < 4.78 is 37.1. The Balaban J connectivity index is 1.99. The predicted octanol–water partition coefficient (Wildman–Crippen LogP) is 3.86. The number of hydrogen-bond acceptors (Lipinski definition) is 1. The Morgan fingerprint density at radius 1 is 1.11 bits per heavy atom. The van der Waals surface area contributed by atoms with E-state index in [9.17, 15) is 13.2 Å². The van der Waals surface area contributed by atoms with Crippen LogP contribution in [0.3, 0.4) is 0 Å². The van der Waals surface area contributed by atoms with Crippen molar-refractivity contribution < 1.29 is 13.2 Å². The Morgan fingerprint density at radius 2 is 1.83 bits per heavy atom. The summed E-state index contributed by atoms with van der Waals surface area (Å²) in [6.45, 7) is 1.02. The van der Waals surface area contributed by atoms with Gasteiger partial charge < -0.3 is 5.32 Å². The van der Waals surface area contributed by atoms with Crippen LogP contribution in [0.4, 0.5) is 13.2 Å². The lowest BCUT2D eigenvalue weighted by Gasteiger charge is -2.20. The maximum absolute atomic E-state index is 12.4. The molecule has 2 rings (SSSR count). The molecule has 0 bridgehead atoms. The van der Waals surface area contributed by atoms with Crippen LogP contribution < -0.4 is 5.32 Å². The van der Waals surface area contributed by atoms with Crippen LogP contribution >= 0.6 is 0 Å². The van der Waals surface area contributed by atoms with Crippen molar-refractivity contribution in [1.29, 1.82) is 0 Å². The minimum absolute atomic E-state index is 0.348. The number of halogens is 3. The molecule has 98 valence electrons. The molecule has 0 aromatic heterocycles. The molecule has 1 aromatic carbocycles. The molecule has 1 aliphatic rings. The molecule has 18 heavy (non-hydrogen) atoms. The summed E-state index contributed by atoms with van der Waals surface area (Å²) in [5.41, 5.74) is 0.200. The van der Waals surface area contributed by atoms with Gasteiger partial charge in [-0.15, -0.1) is 0 Å². The Hall–Kier alpha value is -1.29. The zero-order chi connectivity index (χ0) is 13.0. The average molecular weight is 255 g/mol. The lowest BCUT2D eigenvalue weighted by atomic mass is 10.0. The van der Waals surface area contributed by atoms with Crippen molar-refractivity contribution in [2.75, 3.05) is 6.54 Å². The molecule has 1 heterocycles. The summed E-state index contributed by atoms with van der Waals surface area (Å²) in [5.74, 6) is 0. The molecule has 1 aliphatic heterocycles. The lowest BCUT2D eigenvalue weighted by molar-refractivity contribution is -0.137. The third-order valence-corrected chi connectivity index (χ3v) is 3.11. The van der Waals surface area contributed by atoms with Gasteiger partial charge in [-0.05, 0) is 37.1 Å². The topological polar surface area (TPSA) is 12.0 Å². The Morgan fingerprint density at radius 3 is 2.39 bits per heavy atom. The van der Waals surface area contributed by atoms with E-state index in [2.05, 4.69) is 5.32 Å². The predicted molar refractivity (Wildman–Crippen MR) is 66.1 cm³/mol. The first-order chi connectivity index (χ1) is 8.55. The highest BCUT2D eigenvalue weighted by atomic mass is 19.4. The number of benzene rings is 1. The summed E-state index contributed by atoms with van der Waals surface area (Å²) in [4.78, 5) is 0. The third kappa shape index (κ3) is 3.60. The van der Waals surface area contributed by atoms with Crippen molar-refractivity contribution in [2.24, 2.45) is 0 Å². The Kier molecular flexibility index (Phi) is 4.07. The van der Waals surface area contributed by atoms with E-state index < -0.39 is 11.7 Å². The fourth-order valence-electron chi connectivity index (χ4n) is 2.05. The molecule has 1 N–H and O–H groups in total. The highest BCUT2D eigenvalue weighted by Gasteiger charge is 2.29. The van der Waals surface area contributed by atoms with Crippen molar-refractivity contribution in [3.05, 3.63) is 41.5 Å². The normalized spacial score (nSPS) is 21.4. The van der Waals surface area contributed by atoms with Crippen molar-refractivity contribution >= 4 is 6.08 Å². The van der Waals surface area contributed by atoms with Crippen LogP contribution in [0.15, 0.2) is 30.3 Å². The minimum Gasteiger partial charge on any atom is -0.311 e. The van der Waals surface area contributed by atoms with Gasteiger partial charge in [-0.25, -0.2) is 0 Å². The van der Waals surface area contributed by atoms with Crippen LogP contribution in [-0.4, -0.2) is 12.6 Å². The van der Waals surface area contributed by atoms with E-state index in [0.717, 1.165) is 30.7 Å². The molecule has 1 aromatic rings. The smallest absolute Gasteiger partial charge is 0.311 e. The van der Waals surface area contributed by atoms with Crippen LogP contribution in [0.25, 0.3) is 6.08 Å². The van der Waals surface area contributed by atoms with E-state index in [-0.39, 0.29) is 0 Å². The molecule has 4 heteroatoms. The van der Waals surface area contributed by atoms with Crippen molar-refractivity contribution in [3.63, 3.8) is 0 Å². The SMILES string of the molecule is FC(F)(F)c1ccc(/C=C/C2CCCCN2)cc1. The molecule has 0 aliphatic carbocycles. The largest absolute Gasteiger partial charge is 0.416 e.